The van der Waals surface area contributed by atoms with Crippen molar-refractivity contribution in [1.82, 2.24) is 20.4 Å². The van der Waals surface area contributed by atoms with E-state index in [1.165, 1.54) is 6.33 Å². The number of carboxylic acids is 1. The van der Waals surface area contributed by atoms with Crippen molar-refractivity contribution in [2.45, 2.75) is 25.3 Å². The Hall–Kier alpha value is -2.41. The summed E-state index contributed by atoms with van der Waals surface area (Å²) in [6, 6.07) is 6.82. The number of carbonyl (C=O) groups is 1. The maximum Gasteiger partial charge on any atom is 0.320 e. The normalized spacial score (nSPS) is 12.1. The lowest BCUT2D eigenvalue weighted by molar-refractivity contribution is -0.138. The van der Waals surface area contributed by atoms with Gasteiger partial charge < -0.3 is 10.8 Å². The summed E-state index contributed by atoms with van der Waals surface area (Å²) >= 11 is 0. The number of hydrogen-bond acceptors (Lipinski definition) is 6. The molecule has 20 heavy (non-hydrogen) atoms. The summed E-state index contributed by atoms with van der Waals surface area (Å²) in [6.07, 6.45) is 3.06. The fraction of sp³-hybridized carbons (Fsp3) is 0.308. The van der Waals surface area contributed by atoms with Crippen LogP contribution < -0.4 is 5.73 Å². The van der Waals surface area contributed by atoms with Gasteiger partial charge in [-0.25, -0.2) is 0 Å². The van der Waals surface area contributed by atoms with E-state index in [0.717, 1.165) is 17.5 Å². The minimum Gasteiger partial charge on any atom is -0.480 e. The third kappa shape index (κ3) is 4.06. The molecule has 3 N–H and O–H groups in total. The molecule has 1 unspecified atom stereocenters. The van der Waals surface area contributed by atoms with E-state index in [-0.39, 0.29) is 0 Å². The van der Waals surface area contributed by atoms with Gasteiger partial charge in [-0.1, -0.05) is 24.3 Å². The lowest BCUT2D eigenvalue weighted by Gasteiger charge is -2.07. The highest BCUT2D eigenvalue weighted by Crippen LogP contribution is 2.08. The molecule has 0 fully saturated rings. The Balaban J connectivity index is 1.90. The van der Waals surface area contributed by atoms with E-state index in [1.807, 2.05) is 24.3 Å². The number of benzene rings is 1. The van der Waals surface area contributed by atoms with E-state index in [2.05, 4.69) is 20.4 Å². The van der Waals surface area contributed by atoms with Crippen LogP contribution in [0.1, 0.15) is 17.0 Å². The highest BCUT2D eigenvalue weighted by atomic mass is 16.4. The van der Waals surface area contributed by atoms with Crippen molar-refractivity contribution in [3.05, 3.63) is 47.5 Å². The maximum atomic E-state index is 10.7. The van der Waals surface area contributed by atoms with Crippen LogP contribution >= 0.6 is 0 Å². The van der Waals surface area contributed by atoms with Crippen molar-refractivity contribution >= 4 is 5.97 Å². The monoisotopic (exact) mass is 273 g/mol. The van der Waals surface area contributed by atoms with E-state index in [9.17, 15) is 4.79 Å². The van der Waals surface area contributed by atoms with Crippen LogP contribution in [0.2, 0.25) is 0 Å². The zero-order chi connectivity index (χ0) is 14.4. The van der Waals surface area contributed by atoms with Crippen LogP contribution in [-0.2, 0) is 24.1 Å². The number of hydrogen-bond donors (Lipinski definition) is 2. The van der Waals surface area contributed by atoms with Gasteiger partial charge in [0.1, 0.15) is 6.04 Å². The van der Waals surface area contributed by atoms with E-state index in [4.69, 9.17) is 10.8 Å². The Morgan fingerprint density at radius 1 is 1.10 bits per heavy atom. The Labute approximate surface area is 115 Å². The average Bonchev–Trinajstić information content (AvgIpc) is 2.47. The van der Waals surface area contributed by atoms with E-state index in [1.54, 1.807) is 0 Å². The average molecular weight is 273 g/mol. The van der Waals surface area contributed by atoms with Gasteiger partial charge in [0, 0.05) is 6.42 Å². The van der Waals surface area contributed by atoms with Gasteiger partial charge in [-0.3, -0.25) is 4.79 Å². The first-order valence-corrected chi connectivity index (χ1v) is 6.20. The van der Waals surface area contributed by atoms with Crippen LogP contribution in [0.5, 0.6) is 0 Å². The van der Waals surface area contributed by atoms with Gasteiger partial charge in [0.25, 0.3) is 0 Å². The van der Waals surface area contributed by atoms with Gasteiger partial charge in [0.05, 0.1) is 0 Å². The van der Waals surface area contributed by atoms with Gasteiger partial charge in [0.15, 0.2) is 12.2 Å². The van der Waals surface area contributed by atoms with Gasteiger partial charge in [-0.2, -0.15) is 0 Å². The third-order valence-corrected chi connectivity index (χ3v) is 2.88. The molecule has 0 aliphatic carbocycles. The van der Waals surface area contributed by atoms with Crippen molar-refractivity contribution < 1.29 is 9.90 Å². The Morgan fingerprint density at radius 2 is 1.70 bits per heavy atom. The van der Waals surface area contributed by atoms with Crippen LogP contribution in [0.3, 0.4) is 0 Å². The first-order chi connectivity index (χ1) is 9.65. The summed E-state index contributed by atoms with van der Waals surface area (Å²) in [4.78, 5) is 10.7. The number of nitrogens with two attached hydrogens (primary N) is 1. The second-order valence-corrected chi connectivity index (χ2v) is 4.43. The lowest BCUT2D eigenvalue weighted by Crippen LogP contribution is -2.32. The zero-order valence-electron chi connectivity index (χ0n) is 10.8. The molecule has 1 aromatic carbocycles. The fourth-order valence-corrected chi connectivity index (χ4v) is 1.77. The quantitative estimate of drug-likeness (QED) is 0.761. The number of aromatic nitrogens is 4. The van der Waals surface area contributed by atoms with Gasteiger partial charge in [0.2, 0.25) is 0 Å². The molecule has 0 spiro atoms. The molecule has 2 rings (SSSR count). The molecule has 1 atom stereocenters. The lowest BCUT2D eigenvalue weighted by atomic mass is 10.0. The predicted molar refractivity (Wildman–Crippen MR) is 70.8 cm³/mol. The largest absolute Gasteiger partial charge is 0.480 e. The van der Waals surface area contributed by atoms with Crippen molar-refractivity contribution in [3.8, 4) is 0 Å². The van der Waals surface area contributed by atoms with Crippen LogP contribution in [0.4, 0.5) is 0 Å². The number of rotatable bonds is 6. The standard InChI is InChI=1S/C13H15N5O2/c14-11(13(19)20)7-10-3-1-9(2-4-10)5-6-12-17-15-8-16-18-12/h1-4,8,11H,5-7,14H2,(H,19,20). The summed E-state index contributed by atoms with van der Waals surface area (Å²) in [5.74, 6) is -0.389. The summed E-state index contributed by atoms with van der Waals surface area (Å²) in [6.45, 7) is 0. The maximum absolute atomic E-state index is 10.7. The molecule has 2 aromatic rings. The molecule has 0 saturated carbocycles. The van der Waals surface area contributed by atoms with E-state index >= 15 is 0 Å². The van der Waals surface area contributed by atoms with Gasteiger partial charge in [-0.05, 0) is 24.0 Å². The predicted octanol–water partition coefficient (Wildman–Crippen LogP) is 0.00620. The van der Waals surface area contributed by atoms with Crippen LogP contribution in [0.15, 0.2) is 30.6 Å². The highest BCUT2D eigenvalue weighted by Gasteiger charge is 2.11. The minimum absolute atomic E-state index is 0.325. The molecular formula is C13H15N5O2. The number of carboxylic acid groups (broad SMARTS) is 1. The molecule has 7 heteroatoms. The summed E-state index contributed by atoms with van der Waals surface area (Å²) < 4.78 is 0. The Bertz CT molecular complexity index is 559. The Kier molecular flexibility index (Phi) is 4.67. The molecule has 104 valence electrons. The molecule has 0 saturated heterocycles. The molecule has 1 aromatic heterocycles. The second-order valence-electron chi connectivity index (χ2n) is 4.43. The topological polar surface area (TPSA) is 115 Å². The number of aryl methyl sites for hydroxylation is 2. The van der Waals surface area contributed by atoms with Crippen LogP contribution in [-0.4, -0.2) is 37.5 Å². The molecule has 0 amide bonds. The molecular weight excluding hydrogens is 258 g/mol. The molecule has 0 radical (unpaired) electrons. The zero-order valence-corrected chi connectivity index (χ0v) is 10.8. The van der Waals surface area contributed by atoms with Crippen LogP contribution in [0.25, 0.3) is 0 Å². The summed E-state index contributed by atoms with van der Waals surface area (Å²) in [5, 5.41) is 23.8. The minimum atomic E-state index is -0.990. The molecule has 7 nitrogen and oxygen atoms in total. The van der Waals surface area contributed by atoms with E-state index < -0.39 is 12.0 Å². The fourth-order valence-electron chi connectivity index (χ4n) is 1.77. The number of nitrogens with zero attached hydrogens (tertiary/aromatic N) is 4. The van der Waals surface area contributed by atoms with Crippen LogP contribution in [0, 0.1) is 0 Å². The third-order valence-electron chi connectivity index (χ3n) is 2.88. The molecule has 1 heterocycles. The molecule has 0 aliphatic heterocycles. The van der Waals surface area contributed by atoms with Crippen molar-refractivity contribution in [2.24, 2.45) is 5.73 Å². The second kappa shape index (κ2) is 6.67. The smallest absolute Gasteiger partial charge is 0.320 e. The Morgan fingerprint density at radius 3 is 2.30 bits per heavy atom. The first-order valence-electron chi connectivity index (χ1n) is 6.20. The van der Waals surface area contributed by atoms with Crippen molar-refractivity contribution in [3.63, 3.8) is 0 Å². The van der Waals surface area contributed by atoms with Crippen molar-refractivity contribution in [1.29, 1.82) is 0 Å². The number of aliphatic carboxylic acids is 1. The van der Waals surface area contributed by atoms with E-state index in [0.29, 0.717) is 18.7 Å². The highest BCUT2D eigenvalue weighted by molar-refractivity contribution is 5.73. The molecule has 0 aliphatic rings. The first kappa shape index (κ1) is 14.0. The summed E-state index contributed by atoms with van der Waals surface area (Å²) in [5.41, 5.74) is 7.51. The SMILES string of the molecule is NC(Cc1ccc(CCc2nncnn2)cc1)C(=O)O. The van der Waals surface area contributed by atoms with Crippen molar-refractivity contribution in [2.75, 3.05) is 0 Å². The summed E-state index contributed by atoms with van der Waals surface area (Å²) in [7, 11) is 0. The van der Waals surface area contributed by atoms with Gasteiger partial charge >= 0.3 is 5.97 Å². The van der Waals surface area contributed by atoms with Gasteiger partial charge in [-0.15, -0.1) is 20.4 Å². The molecule has 0 bridgehead atoms.